The molecule has 0 saturated heterocycles. The molecule has 0 unspecified atom stereocenters. The number of pyridine rings is 2. The van der Waals surface area contributed by atoms with E-state index < -0.39 is 21.5 Å². The second-order valence-electron chi connectivity index (χ2n) is 8.55. The molecule has 0 atom stereocenters. The van der Waals surface area contributed by atoms with Crippen molar-refractivity contribution in [3.05, 3.63) is 109 Å². The zero-order valence-electron chi connectivity index (χ0n) is 19.8. The van der Waals surface area contributed by atoms with E-state index in [-0.39, 0.29) is 4.90 Å². The summed E-state index contributed by atoms with van der Waals surface area (Å²) in [6, 6.07) is 30.2. The summed E-state index contributed by atoms with van der Waals surface area (Å²) in [6.07, 6.45) is 1.74. The highest BCUT2D eigenvalue weighted by Crippen LogP contribution is 2.36. The number of fused-ring (bicyclic) bond motifs is 1. The summed E-state index contributed by atoms with van der Waals surface area (Å²) >= 11 is 0. The van der Waals surface area contributed by atoms with Gasteiger partial charge in [-0.15, -0.1) is 0 Å². The third-order valence-electron chi connectivity index (χ3n) is 5.93. The van der Waals surface area contributed by atoms with Crippen molar-refractivity contribution in [2.45, 2.75) is 11.4 Å². The third-order valence-corrected chi connectivity index (χ3v) is 7.56. The van der Waals surface area contributed by atoms with Gasteiger partial charge in [0.05, 0.1) is 22.8 Å². The minimum atomic E-state index is -3.86. The van der Waals surface area contributed by atoms with Gasteiger partial charge in [-0.1, -0.05) is 66.7 Å². The molecule has 37 heavy (non-hydrogen) atoms. The highest BCUT2D eigenvalue weighted by Gasteiger charge is 2.19. The minimum Gasteiger partial charge on any atom is -0.369 e. The molecule has 2 heterocycles. The molecule has 0 spiro atoms. The molecule has 0 radical (unpaired) electrons. The van der Waals surface area contributed by atoms with Crippen LogP contribution in [0.2, 0.25) is 0 Å². The average molecular weight is 509 g/mol. The fraction of sp³-hybridized carbons (Fsp3) is 0.0690. The van der Waals surface area contributed by atoms with Crippen molar-refractivity contribution < 1.29 is 13.2 Å². The summed E-state index contributed by atoms with van der Waals surface area (Å²) in [5.74, 6) is -0.995. The van der Waals surface area contributed by atoms with E-state index in [2.05, 4.69) is 28.5 Å². The largest absolute Gasteiger partial charge is 0.369 e. The molecule has 184 valence electrons. The lowest BCUT2D eigenvalue weighted by Crippen LogP contribution is -2.23. The summed E-state index contributed by atoms with van der Waals surface area (Å²) < 4.78 is 25.3. The van der Waals surface area contributed by atoms with Crippen molar-refractivity contribution in [2.75, 3.05) is 11.1 Å². The maximum absolute atomic E-state index is 12.6. The van der Waals surface area contributed by atoms with Gasteiger partial charge >= 0.3 is 0 Å². The predicted octanol–water partition coefficient (Wildman–Crippen LogP) is 4.83. The van der Waals surface area contributed by atoms with Crippen LogP contribution in [-0.2, 0) is 21.2 Å². The van der Waals surface area contributed by atoms with Crippen molar-refractivity contribution in [2.24, 2.45) is 5.73 Å². The van der Waals surface area contributed by atoms with Crippen LogP contribution in [0.3, 0.4) is 0 Å². The van der Waals surface area contributed by atoms with Crippen LogP contribution < -0.4 is 11.1 Å². The van der Waals surface area contributed by atoms with Gasteiger partial charge in [0.25, 0.3) is 0 Å². The topological polar surface area (TPSA) is 115 Å². The van der Waals surface area contributed by atoms with Gasteiger partial charge in [0, 0.05) is 17.1 Å². The Hall–Kier alpha value is -4.56. The predicted molar refractivity (Wildman–Crippen MR) is 145 cm³/mol. The van der Waals surface area contributed by atoms with Crippen molar-refractivity contribution in [3.8, 4) is 22.4 Å². The number of benzene rings is 3. The molecule has 1 amide bonds. The monoisotopic (exact) mass is 508 g/mol. The number of carbonyl (C=O) groups is 1. The van der Waals surface area contributed by atoms with Gasteiger partial charge in [-0.3, -0.25) is 9.78 Å². The van der Waals surface area contributed by atoms with E-state index in [1.807, 2.05) is 54.6 Å². The van der Waals surface area contributed by atoms with Crippen molar-refractivity contribution in [3.63, 3.8) is 0 Å². The molecule has 7 nitrogen and oxygen atoms in total. The first-order valence-electron chi connectivity index (χ1n) is 11.7. The molecule has 2 aromatic heterocycles. The van der Waals surface area contributed by atoms with Gasteiger partial charge in [0.1, 0.15) is 11.6 Å². The van der Waals surface area contributed by atoms with E-state index in [1.54, 1.807) is 18.3 Å². The molecular weight excluding hydrogens is 484 g/mol. The van der Waals surface area contributed by atoms with Gasteiger partial charge < -0.3 is 11.1 Å². The summed E-state index contributed by atoms with van der Waals surface area (Å²) in [4.78, 5) is 20.6. The van der Waals surface area contributed by atoms with Crippen LogP contribution >= 0.6 is 0 Å². The lowest BCUT2D eigenvalue weighted by molar-refractivity contribution is -0.115. The van der Waals surface area contributed by atoms with Crippen LogP contribution in [0.15, 0.2) is 108 Å². The van der Waals surface area contributed by atoms with Crippen LogP contribution in [0.1, 0.15) is 5.69 Å². The third kappa shape index (κ3) is 5.34. The van der Waals surface area contributed by atoms with E-state index in [0.29, 0.717) is 23.6 Å². The van der Waals surface area contributed by atoms with Crippen molar-refractivity contribution >= 4 is 32.3 Å². The Morgan fingerprint density at radius 3 is 2.35 bits per heavy atom. The summed E-state index contributed by atoms with van der Waals surface area (Å²) in [5.41, 5.74) is 9.30. The lowest BCUT2D eigenvalue weighted by atomic mass is 9.97. The maximum Gasteiger partial charge on any atom is 0.233 e. The lowest BCUT2D eigenvalue weighted by Gasteiger charge is -2.15. The Balaban J connectivity index is 1.65. The highest BCUT2D eigenvalue weighted by atomic mass is 32.2. The first-order chi connectivity index (χ1) is 17.9. The molecule has 5 rings (SSSR count). The molecule has 3 N–H and O–H groups in total. The fourth-order valence-electron chi connectivity index (χ4n) is 4.24. The number of aromatic nitrogens is 2. The molecule has 8 heteroatoms. The maximum atomic E-state index is 12.6. The van der Waals surface area contributed by atoms with Crippen LogP contribution in [0, 0.1) is 0 Å². The van der Waals surface area contributed by atoms with E-state index in [1.165, 1.54) is 12.1 Å². The zero-order valence-corrected chi connectivity index (χ0v) is 20.7. The number of rotatable bonds is 8. The number of amides is 1. The van der Waals surface area contributed by atoms with Gasteiger partial charge in [0.15, 0.2) is 9.84 Å². The molecular formula is C29H24N4O3S. The number of primary amides is 1. The first kappa shape index (κ1) is 24.1. The SMILES string of the molecule is NC(=O)CS(=O)(=O)c1cccc(-c2cc3cccc(-c4ccccc4)c3c(NCc3ccccn3)n2)c1. The Kier molecular flexibility index (Phi) is 6.66. The zero-order chi connectivity index (χ0) is 25.8. The number of carbonyl (C=O) groups excluding carboxylic acids is 1. The van der Waals surface area contributed by atoms with Crippen LogP contribution in [0.25, 0.3) is 33.2 Å². The number of hydrogen-bond donors (Lipinski definition) is 2. The van der Waals surface area contributed by atoms with E-state index in [9.17, 15) is 13.2 Å². The van der Waals surface area contributed by atoms with Crippen LogP contribution in [0.5, 0.6) is 0 Å². The van der Waals surface area contributed by atoms with Crippen molar-refractivity contribution in [1.82, 2.24) is 9.97 Å². The fourth-order valence-corrected chi connectivity index (χ4v) is 5.37. The van der Waals surface area contributed by atoms with E-state index >= 15 is 0 Å². The molecule has 0 fully saturated rings. The van der Waals surface area contributed by atoms with Gasteiger partial charge in [-0.05, 0) is 46.8 Å². The van der Waals surface area contributed by atoms with E-state index in [4.69, 9.17) is 10.7 Å². The van der Waals surface area contributed by atoms with Crippen LogP contribution in [0.4, 0.5) is 5.82 Å². The number of nitrogens with zero attached hydrogens (tertiary/aromatic N) is 2. The second-order valence-corrected chi connectivity index (χ2v) is 10.5. The number of sulfone groups is 1. The highest BCUT2D eigenvalue weighted by molar-refractivity contribution is 7.92. The quantitative estimate of drug-likeness (QED) is 0.310. The number of anilines is 1. The van der Waals surface area contributed by atoms with Gasteiger partial charge in [-0.25, -0.2) is 13.4 Å². The normalized spacial score (nSPS) is 11.4. The Labute approximate surface area is 214 Å². The molecule has 0 saturated carbocycles. The smallest absolute Gasteiger partial charge is 0.233 e. The number of nitrogens with one attached hydrogen (secondary N) is 1. The Bertz CT molecular complexity index is 1690. The first-order valence-corrected chi connectivity index (χ1v) is 13.3. The van der Waals surface area contributed by atoms with Gasteiger partial charge in [0.2, 0.25) is 5.91 Å². The standard InChI is InChI=1S/C29H24N4O3S/c30-27(34)19-37(35,36)24-13-6-10-21(16-24)26-17-22-11-7-14-25(20-8-2-1-3-9-20)28(22)29(33-26)32-18-23-12-4-5-15-31-23/h1-17H,18-19H2,(H2,30,34)(H,32,33). The summed E-state index contributed by atoms with van der Waals surface area (Å²) in [5, 5.41) is 5.34. The average Bonchev–Trinajstić information content (AvgIpc) is 2.91. The molecule has 3 aromatic carbocycles. The Morgan fingerprint density at radius 1 is 0.838 bits per heavy atom. The molecule has 0 aliphatic carbocycles. The summed E-state index contributed by atoms with van der Waals surface area (Å²) in [6.45, 7) is 0.461. The number of nitrogens with two attached hydrogens (primary N) is 1. The molecule has 0 bridgehead atoms. The molecule has 0 aliphatic rings. The number of hydrogen-bond acceptors (Lipinski definition) is 6. The van der Waals surface area contributed by atoms with Crippen molar-refractivity contribution in [1.29, 1.82) is 0 Å². The van der Waals surface area contributed by atoms with Crippen LogP contribution in [-0.4, -0.2) is 30.0 Å². The second kappa shape index (κ2) is 10.2. The minimum absolute atomic E-state index is 0.0201. The molecule has 5 aromatic rings. The molecule has 0 aliphatic heterocycles. The van der Waals surface area contributed by atoms with Gasteiger partial charge in [-0.2, -0.15) is 0 Å². The Morgan fingerprint density at radius 2 is 1.59 bits per heavy atom. The van der Waals surface area contributed by atoms with E-state index in [0.717, 1.165) is 27.6 Å². The summed E-state index contributed by atoms with van der Waals surface area (Å²) in [7, 11) is -3.86.